The lowest BCUT2D eigenvalue weighted by Crippen LogP contribution is -2.20. The summed E-state index contributed by atoms with van der Waals surface area (Å²) in [5, 5.41) is 4.08. The summed E-state index contributed by atoms with van der Waals surface area (Å²) < 4.78 is 1.40. The minimum atomic E-state index is -0.299. The molecule has 8 heteroatoms. The second kappa shape index (κ2) is 6.13. The Labute approximate surface area is 136 Å². The maximum absolute atomic E-state index is 12.4. The van der Waals surface area contributed by atoms with E-state index in [2.05, 4.69) is 25.5 Å². The Kier molecular flexibility index (Phi) is 4.03. The predicted molar refractivity (Wildman–Crippen MR) is 89.2 cm³/mol. The first-order valence-corrected chi connectivity index (χ1v) is 7.20. The monoisotopic (exact) mass is 328 g/mol. The van der Waals surface area contributed by atoms with Gasteiger partial charge < -0.3 is 0 Å². The van der Waals surface area contributed by atoms with Crippen LogP contribution in [0.2, 0.25) is 5.15 Å². The van der Waals surface area contributed by atoms with E-state index in [4.69, 9.17) is 11.6 Å². The van der Waals surface area contributed by atoms with Gasteiger partial charge in [0, 0.05) is 17.6 Å². The zero-order chi connectivity index (χ0) is 16.4. The molecule has 0 saturated carbocycles. The van der Waals surface area contributed by atoms with Gasteiger partial charge in [-0.3, -0.25) is 9.20 Å². The molecular formula is C15H13ClN6O. The molecule has 0 aliphatic rings. The van der Waals surface area contributed by atoms with Gasteiger partial charge in [-0.15, -0.1) is 0 Å². The number of rotatable bonds is 3. The highest BCUT2D eigenvalue weighted by atomic mass is 35.5. The first-order valence-electron chi connectivity index (χ1n) is 6.83. The van der Waals surface area contributed by atoms with Gasteiger partial charge in [0.1, 0.15) is 10.8 Å². The van der Waals surface area contributed by atoms with Crippen molar-refractivity contribution in [2.45, 2.75) is 13.8 Å². The van der Waals surface area contributed by atoms with Gasteiger partial charge in [0.05, 0.1) is 11.8 Å². The molecule has 0 aromatic carbocycles. The molecule has 0 atom stereocenters. The second-order valence-corrected chi connectivity index (χ2v) is 5.25. The standard InChI is InChI=1S/C15H13ClN6O/c1-9-7-10(2)19-15(18-9)21-17-8-11-13(16)20-12-5-3-4-6-22(12)14(11)23/h3-8H,1-2H3,(H,18,19,21). The quantitative estimate of drug-likeness (QED) is 0.452. The van der Waals surface area contributed by atoms with Gasteiger partial charge in [0.25, 0.3) is 5.56 Å². The van der Waals surface area contributed by atoms with Gasteiger partial charge in [-0.25, -0.2) is 20.4 Å². The van der Waals surface area contributed by atoms with Crippen LogP contribution in [0.1, 0.15) is 17.0 Å². The molecule has 23 heavy (non-hydrogen) atoms. The van der Waals surface area contributed by atoms with Crippen molar-refractivity contribution < 1.29 is 0 Å². The highest BCUT2D eigenvalue weighted by molar-refractivity contribution is 6.32. The van der Waals surface area contributed by atoms with Gasteiger partial charge in [-0.1, -0.05) is 17.7 Å². The number of aromatic nitrogens is 4. The van der Waals surface area contributed by atoms with E-state index >= 15 is 0 Å². The fourth-order valence-electron chi connectivity index (χ4n) is 2.11. The summed E-state index contributed by atoms with van der Waals surface area (Å²) in [7, 11) is 0. The lowest BCUT2D eigenvalue weighted by molar-refractivity contribution is 1.03. The third-order valence-electron chi connectivity index (χ3n) is 3.06. The summed E-state index contributed by atoms with van der Waals surface area (Å²) in [4.78, 5) is 24.9. The van der Waals surface area contributed by atoms with E-state index in [-0.39, 0.29) is 16.3 Å². The van der Waals surface area contributed by atoms with E-state index in [1.54, 1.807) is 24.4 Å². The summed E-state index contributed by atoms with van der Waals surface area (Å²) in [6, 6.07) is 7.08. The summed E-state index contributed by atoms with van der Waals surface area (Å²) in [5.41, 5.74) is 4.70. The lowest BCUT2D eigenvalue weighted by Gasteiger charge is -2.03. The highest BCUT2D eigenvalue weighted by Gasteiger charge is 2.08. The van der Waals surface area contributed by atoms with Crippen molar-refractivity contribution in [3.05, 3.63) is 62.9 Å². The topological polar surface area (TPSA) is 84.5 Å². The molecule has 0 unspecified atom stereocenters. The van der Waals surface area contributed by atoms with Crippen LogP contribution in [0.25, 0.3) is 5.65 Å². The van der Waals surface area contributed by atoms with Crippen molar-refractivity contribution in [1.82, 2.24) is 19.4 Å². The number of hydrazone groups is 1. The number of nitrogens with zero attached hydrogens (tertiary/aromatic N) is 5. The number of hydrogen-bond acceptors (Lipinski definition) is 6. The van der Waals surface area contributed by atoms with Crippen LogP contribution >= 0.6 is 11.6 Å². The first-order chi connectivity index (χ1) is 11.0. The van der Waals surface area contributed by atoms with Crippen LogP contribution in [0.4, 0.5) is 5.95 Å². The van der Waals surface area contributed by atoms with Crippen LogP contribution in [0.3, 0.4) is 0 Å². The summed E-state index contributed by atoms with van der Waals surface area (Å²) in [6.45, 7) is 3.72. The minimum Gasteiger partial charge on any atom is -0.268 e. The molecule has 0 spiro atoms. The molecule has 0 radical (unpaired) electrons. The van der Waals surface area contributed by atoms with Crippen LogP contribution in [0.5, 0.6) is 0 Å². The summed E-state index contributed by atoms with van der Waals surface area (Å²) >= 11 is 6.07. The van der Waals surface area contributed by atoms with Crippen molar-refractivity contribution in [2.75, 3.05) is 5.43 Å². The molecule has 1 N–H and O–H groups in total. The number of fused-ring (bicyclic) bond motifs is 1. The third kappa shape index (κ3) is 3.19. The van der Waals surface area contributed by atoms with E-state index in [1.807, 2.05) is 19.9 Å². The van der Waals surface area contributed by atoms with Crippen LogP contribution < -0.4 is 11.0 Å². The molecule has 3 heterocycles. The molecule has 0 bridgehead atoms. The summed E-state index contributed by atoms with van der Waals surface area (Å²) in [6.07, 6.45) is 2.94. The van der Waals surface area contributed by atoms with Gasteiger partial charge >= 0.3 is 0 Å². The minimum absolute atomic E-state index is 0.0908. The molecule has 7 nitrogen and oxygen atoms in total. The number of anilines is 1. The molecule has 3 rings (SSSR count). The van der Waals surface area contributed by atoms with Gasteiger partial charge in [-0.2, -0.15) is 5.10 Å². The van der Waals surface area contributed by atoms with Crippen LogP contribution in [0.15, 0.2) is 40.4 Å². The van der Waals surface area contributed by atoms with Crippen molar-refractivity contribution in [3.63, 3.8) is 0 Å². The van der Waals surface area contributed by atoms with Crippen molar-refractivity contribution in [1.29, 1.82) is 0 Å². The maximum atomic E-state index is 12.4. The SMILES string of the molecule is Cc1cc(C)nc(NN=Cc2c(Cl)nc3ccccn3c2=O)n1. The van der Waals surface area contributed by atoms with Crippen molar-refractivity contribution in [2.24, 2.45) is 5.10 Å². The Morgan fingerprint density at radius 2 is 1.96 bits per heavy atom. The Balaban J connectivity index is 1.93. The average Bonchev–Trinajstić information content (AvgIpc) is 2.49. The first kappa shape index (κ1) is 15.1. The molecule has 0 aliphatic carbocycles. The van der Waals surface area contributed by atoms with E-state index < -0.39 is 0 Å². The third-order valence-corrected chi connectivity index (χ3v) is 3.35. The zero-order valence-corrected chi connectivity index (χ0v) is 13.2. The fraction of sp³-hybridized carbons (Fsp3) is 0.133. The Bertz CT molecular complexity index is 946. The van der Waals surface area contributed by atoms with Gasteiger partial charge in [0.15, 0.2) is 0 Å². The smallest absolute Gasteiger partial charge is 0.268 e. The zero-order valence-electron chi connectivity index (χ0n) is 12.5. The average molecular weight is 329 g/mol. The van der Waals surface area contributed by atoms with Gasteiger partial charge in [0.2, 0.25) is 5.95 Å². The van der Waals surface area contributed by atoms with E-state index in [0.717, 1.165) is 11.4 Å². The van der Waals surface area contributed by atoms with Crippen molar-refractivity contribution in [3.8, 4) is 0 Å². The Morgan fingerprint density at radius 3 is 2.70 bits per heavy atom. The Hall–Kier alpha value is -2.80. The van der Waals surface area contributed by atoms with Gasteiger partial charge in [-0.05, 0) is 32.0 Å². The number of nitrogens with one attached hydrogen (secondary N) is 1. The lowest BCUT2D eigenvalue weighted by atomic mass is 10.3. The number of aryl methyl sites for hydroxylation is 2. The number of hydrogen-bond donors (Lipinski definition) is 1. The largest absolute Gasteiger partial charge is 0.268 e. The molecule has 0 fully saturated rings. The number of halogens is 1. The van der Waals surface area contributed by atoms with E-state index in [1.165, 1.54) is 10.6 Å². The molecule has 0 amide bonds. The number of pyridine rings is 1. The maximum Gasteiger partial charge on any atom is 0.268 e. The molecule has 0 aliphatic heterocycles. The normalized spacial score (nSPS) is 11.3. The van der Waals surface area contributed by atoms with Crippen molar-refractivity contribution >= 4 is 29.4 Å². The van der Waals surface area contributed by atoms with E-state index in [9.17, 15) is 4.79 Å². The molecule has 116 valence electrons. The van der Waals surface area contributed by atoms with E-state index in [0.29, 0.717) is 11.6 Å². The summed E-state index contributed by atoms with van der Waals surface area (Å²) in [5.74, 6) is 0.351. The molecule has 3 aromatic rings. The van der Waals surface area contributed by atoms with Crippen LogP contribution in [-0.4, -0.2) is 25.6 Å². The molecular weight excluding hydrogens is 316 g/mol. The predicted octanol–water partition coefficient (Wildman–Crippen LogP) is 2.20. The fourth-order valence-corrected chi connectivity index (χ4v) is 2.33. The highest BCUT2D eigenvalue weighted by Crippen LogP contribution is 2.09. The van der Waals surface area contributed by atoms with Crippen LogP contribution in [-0.2, 0) is 0 Å². The van der Waals surface area contributed by atoms with Crippen LogP contribution in [0, 0.1) is 13.8 Å². The Morgan fingerprint density at radius 1 is 1.22 bits per heavy atom. The molecule has 0 saturated heterocycles. The second-order valence-electron chi connectivity index (χ2n) is 4.89. The molecule has 3 aromatic heterocycles.